The number of nitrogens with zero attached hydrogens (tertiary/aromatic N) is 1. The fraction of sp³-hybridized carbons (Fsp3) is 0.278. The molecule has 0 amide bonds. The minimum absolute atomic E-state index is 0.0635. The zero-order valence-electron chi connectivity index (χ0n) is 13.0. The number of halogens is 1. The van der Waals surface area contributed by atoms with E-state index >= 15 is 0 Å². The largest absolute Gasteiger partial charge is 0.504 e. The van der Waals surface area contributed by atoms with Crippen molar-refractivity contribution in [1.82, 2.24) is 0 Å². The molecule has 2 aromatic carbocycles. The molecule has 0 spiro atoms. The van der Waals surface area contributed by atoms with Crippen molar-refractivity contribution in [3.8, 4) is 17.2 Å². The van der Waals surface area contributed by atoms with Crippen molar-refractivity contribution < 1.29 is 14.6 Å². The van der Waals surface area contributed by atoms with Gasteiger partial charge in [-0.05, 0) is 35.7 Å². The first-order chi connectivity index (χ1) is 11.2. The number of aliphatic imine (C=N–C) groups is 1. The second kappa shape index (κ2) is 6.24. The zero-order valence-corrected chi connectivity index (χ0v) is 14.6. The second-order valence-corrected chi connectivity index (χ2v) is 6.21. The summed E-state index contributed by atoms with van der Waals surface area (Å²) in [7, 11) is 3.08. The van der Waals surface area contributed by atoms with Crippen molar-refractivity contribution in [3.63, 3.8) is 0 Å². The van der Waals surface area contributed by atoms with E-state index in [9.17, 15) is 5.11 Å². The maximum atomic E-state index is 10.3. The summed E-state index contributed by atoms with van der Waals surface area (Å²) in [5, 5.41) is 11.1. The van der Waals surface area contributed by atoms with Crippen molar-refractivity contribution in [2.75, 3.05) is 19.5 Å². The lowest BCUT2D eigenvalue weighted by atomic mass is 9.74. The topological polar surface area (TPSA) is 51.0 Å². The van der Waals surface area contributed by atoms with Gasteiger partial charge in [0.25, 0.3) is 0 Å². The summed E-state index contributed by atoms with van der Waals surface area (Å²) < 4.78 is 10.6. The molecule has 0 radical (unpaired) electrons. The van der Waals surface area contributed by atoms with Crippen LogP contribution in [0.2, 0.25) is 0 Å². The predicted octanol–water partition coefficient (Wildman–Crippen LogP) is 4.20. The summed E-state index contributed by atoms with van der Waals surface area (Å²) in [6, 6.07) is 11.7. The fourth-order valence-corrected chi connectivity index (χ4v) is 3.76. The zero-order chi connectivity index (χ0) is 16.4. The average molecular weight is 376 g/mol. The molecule has 1 atom stereocenters. The number of ether oxygens (including phenoxy) is 2. The van der Waals surface area contributed by atoms with E-state index in [1.54, 1.807) is 13.2 Å². The summed E-state index contributed by atoms with van der Waals surface area (Å²) in [4.78, 5) is 4.58. The third kappa shape index (κ3) is 2.49. The fourth-order valence-electron chi connectivity index (χ4n) is 3.14. The predicted molar refractivity (Wildman–Crippen MR) is 95.0 cm³/mol. The van der Waals surface area contributed by atoms with Gasteiger partial charge < -0.3 is 14.6 Å². The Morgan fingerprint density at radius 1 is 1.17 bits per heavy atom. The molecule has 0 aromatic heterocycles. The number of hydrogen-bond donors (Lipinski definition) is 1. The first-order valence-corrected chi connectivity index (χ1v) is 8.44. The molecule has 120 valence electrons. The highest BCUT2D eigenvalue weighted by molar-refractivity contribution is 9.09. The van der Waals surface area contributed by atoms with Gasteiger partial charge in [0, 0.05) is 11.5 Å². The number of methoxy groups -OCH3 is 2. The van der Waals surface area contributed by atoms with E-state index in [-0.39, 0.29) is 5.75 Å². The number of fused-ring (bicyclic) bond motifs is 1. The van der Waals surface area contributed by atoms with E-state index in [1.807, 2.05) is 30.5 Å². The number of alkyl halides is 1. The monoisotopic (exact) mass is 375 g/mol. The molecule has 3 rings (SSSR count). The number of rotatable bonds is 5. The SMILES string of the molecule is COc1cc(C2(CCBr)C=Nc3ccccc32)cc(O)c1OC. The number of phenolic OH excluding ortho intramolecular Hbond substituents is 1. The van der Waals surface area contributed by atoms with Crippen LogP contribution in [-0.2, 0) is 5.41 Å². The van der Waals surface area contributed by atoms with Gasteiger partial charge in [0.1, 0.15) is 0 Å². The number of benzene rings is 2. The van der Waals surface area contributed by atoms with Gasteiger partial charge in [-0.15, -0.1) is 0 Å². The van der Waals surface area contributed by atoms with Crippen LogP contribution in [0.15, 0.2) is 41.4 Å². The van der Waals surface area contributed by atoms with Gasteiger partial charge >= 0.3 is 0 Å². The Labute approximate surface area is 143 Å². The molecule has 0 fully saturated rings. The van der Waals surface area contributed by atoms with Gasteiger partial charge in [-0.3, -0.25) is 4.99 Å². The lowest BCUT2D eigenvalue weighted by Crippen LogP contribution is -2.28. The lowest BCUT2D eigenvalue weighted by molar-refractivity contribution is 0.332. The van der Waals surface area contributed by atoms with Crippen molar-refractivity contribution in [2.24, 2.45) is 4.99 Å². The molecule has 1 unspecified atom stereocenters. The number of hydrogen-bond acceptors (Lipinski definition) is 4. The van der Waals surface area contributed by atoms with Crippen molar-refractivity contribution in [1.29, 1.82) is 0 Å². The maximum absolute atomic E-state index is 10.3. The quantitative estimate of drug-likeness (QED) is 0.796. The molecule has 1 aliphatic heterocycles. The molecular weight excluding hydrogens is 358 g/mol. The Hall–Kier alpha value is -2.01. The van der Waals surface area contributed by atoms with E-state index in [0.29, 0.717) is 11.5 Å². The van der Waals surface area contributed by atoms with Gasteiger partial charge in [0.2, 0.25) is 5.75 Å². The summed E-state index contributed by atoms with van der Waals surface area (Å²) in [5.74, 6) is 0.913. The first-order valence-electron chi connectivity index (χ1n) is 7.32. The molecule has 1 N–H and O–H groups in total. The van der Waals surface area contributed by atoms with Gasteiger partial charge in [-0.2, -0.15) is 0 Å². The number of phenols is 1. The van der Waals surface area contributed by atoms with Crippen LogP contribution < -0.4 is 9.47 Å². The Balaban J connectivity index is 2.22. The van der Waals surface area contributed by atoms with Crippen LogP contribution in [0.4, 0.5) is 5.69 Å². The third-order valence-electron chi connectivity index (χ3n) is 4.27. The van der Waals surface area contributed by atoms with Gasteiger partial charge in [-0.25, -0.2) is 0 Å². The van der Waals surface area contributed by atoms with Gasteiger partial charge in [0.15, 0.2) is 11.5 Å². The van der Waals surface area contributed by atoms with Crippen LogP contribution in [0.25, 0.3) is 0 Å². The maximum Gasteiger partial charge on any atom is 0.203 e. The molecule has 5 heteroatoms. The van der Waals surface area contributed by atoms with Crippen molar-refractivity contribution in [2.45, 2.75) is 11.8 Å². The molecule has 1 aliphatic rings. The van der Waals surface area contributed by atoms with E-state index in [2.05, 4.69) is 27.0 Å². The Morgan fingerprint density at radius 3 is 2.65 bits per heavy atom. The number of aromatic hydroxyl groups is 1. The molecule has 0 bridgehead atoms. The molecule has 23 heavy (non-hydrogen) atoms. The summed E-state index contributed by atoms with van der Waals surface area (Å²) in [6.45, 7) is 0. The van der Waals surface area contributed by atoms with Crippen LogP contribution >= 0.6 is 15.9 Å². The highest BCUT2D eigenvalue weighted by Gasteiger charge is 2.38. The highest BCUT2D eigenvalue weighted by Crippen LogP contribution is 2.48. The molecule has 0 saturated carbocycles. The minimum Gasteiger partial charge on any atom is -0.504 e. The lowest BCUT2D eigenvalue weighted by Gasteiger charge is -2.28. The number of para-hydroxylation sites is 1. The van der Waals surface area contributed by atoms with Crippen LogP contribution in [0.3, 0.4) is 0 Å². The summed E-state index contributed by atoms with van der Waals surface area (Å²) in [6.07, 6.45) is 2.78. The standard InChI is InChI=1S/C18H18BrNO3/c1-22-16-10-12(9-15(21)17(16)23-2)18(7-8-19)11-20-14-6-4-3-5-13(14)18/h3-6,9-11,21H,7-8H2,1-2H3. The van der Waals surface area contributed by atoms with Crippen LogP contribution in [0.5, 0.6) is 17.2 Å². The van der Waals surface area contributed by atoms with Crippen molar-refractivity contribution >= 4 is 27.8 Å². The van der Waals surface area contributed by atoms with Gasteiger partial charge in [-0.1, -0.05) is 34.1 Å². The van der Waals surface area contributed by atoms with E-state index in [0.717, 1.165) is 28.6 Å². The van der Waals surface area contributed by atoms with E-state index in [1.165, 1.54) is 7.11 Å². The third-order valence-corrected chi connectivity index (χ3v) is 4.67. The average Bonchev–Trinajstić information content (AvgIpc) is 2.94. The normalized spacial score (nSPS) is 18.7. The van der Waals surface area contributed by atoms with E-state index < -0.39 is 5.41 Å². The molecule has 2 aromatic rings. The Bertz CT molecular complexity index is 760. The minimum atomic E-state index is -0.392. The van der Waals surface area contributed by atoms with Crippen LogP contribution in [-0.4, -0.2) is 30.9 Å². The first kappa shape index (κ1) is 15.9. The van der Waals surface area contributed by atoms with E-state index in [4.69, 9.17) is 9.47 Å². The van der Waals surface area contributed by atoms with Crippen LogP contribution in [0.1, 0.15) is 17.5 Å². The smallest absolute Gasteiger partial charge is 0.203 e. The summed E-state index contributed by atoms with van der Waals surface area (Å²) in [5.41, 5.74) is 2.63. The molecule has 0 saturated heterocycles. The molecule has 1 heterocycles. The molecule has 4 nitrogen and oxygen atoms in total. The Morgan fingerprint density at radius 2 is 1.96 bits per heavy atom. The van der Waals surface area contributed by atoms with Gasteiger partial charge in [0.05, 0.1) is 25.3 Å². The Kier molecular flexibility index (Phi) is 4.31. The molecule has 0 aliphatic carbocycles. The summed E-state index contributed by atoms with van der Waals surface area (Å²) >= 11 is 3.55. The molecular formula is C18H18BrNO3. The second-order valence-electron chi connectivity index (χ2n) is 5.42. The highest BCUT2D eigenvalue weighted by atomic mass is 79.9. The van der Waals surface area contributed by atoms with Crippen LogP contribution in [0, 0.1) is 0 Å². The van der Waals surface area contributed by atoms with Crippen molar-refractivity contribution in [3.05, 3.63) is 47.5 Å².